The third kappa shape index (κ3) is 3.75. The average Bonchev–Trinajstić information content (AvgIpc) is 2.88. The molecular formula is C27H30FN5O2. The molecule has 2 aliphatic heterocycles. The lowest BCUT2D eigenvalue weighted by Crippen LogP contribution is -2.62. The number of aryl methyl sites for hydroxylation is 2. The van der Waals surface area contributed by atoms with Crippen molar-refractivity contribution in [3.8, 4) is 11.8 Å². The fourth-order valence-corrected chi connectivity index (χ4v) is 5.68. The Hall–Kier alpha value is -3.44. The predicted octanol–water partition coefficient (Wildman–Crippen LogP) is 4.07. The second-order valence-corrected chi connectivity index (χ2v) is 9.53. The topological polar surface area (TPSA) is 74.4 Å². The van der Waals surface area contributed by atoms with Crippen molar-refractivity contribution in [2.45, 2.75) is 51.7 Å². The van der Waals surface area contributed by atoms with Gasteiger partial charge in [0.05, 0.1) is 11.6 Å². The molecule has 0 bridgehead atoms. The van der Waals surface area contributed by atoms with E-state index in [2.05, 4.69) is 34.7 Å². The van der Waals surface area contributed by atoms with Crippen molar-refractivity contribution < 1.29 is 9.13 Å². The van der Waals surface area contributed by atoms with Gasteiger partial charge in [-0.05, 0) is 49.1 Å². The third-order valence-electron chi connectivity index (χ3n) is 7.56. The molecule has 3 aromatic rings. The van der Waals surface area contributed by atoms with Crippen molar-refractivity contribution in [2.75, 3.05) is 24.6 Å². The smallest absolute Gasteiger partial charge is 0.295 e. The highest BCUT2D eigenvalue weighted by molar-refractivity contribution is 5.93. The molecule has 5 rings (SSSR count). The highest BCUT2D eigenvalue weighted by atomic mass is 19.1. The lowest BCUT2D eigenvalue weighted by Gasteiger charge is -2.51. The summed E-state index contributed by atoms with van der Waals surface area (Å²) in [7, 11) is 1.71. The number of rotatable bonds is 4. The van der Waals surface area contributed by atoms with Crippen LogP contribution in [0.2, 0.25) is 0 Å². The first kappa shape index (κ1) is 23.3. The molecule has 1 fully saturated rings. The Morgan fingerprint density at radius 1 is 1.26 bits per heavy atom. The molecular weight excluding hydrogens is 445 g/mol. The molecule has 0 saturated carbocycles. The van der Waals surface area contributed by atoms with Gasteiger partial charge in [0.2, 0.25) is 5.75 Å². The van der Waals surface area contributed by atoms with Crippen molar-refractivity contribution in [3.63, 3.8) is 0 Å². The molecule has 2 aromatic heterocycles. The molecule has 0 aliphatic carbocycles. The van der Waals surface area contributed by atoms with E-state index in [1.807, 2.05) is 12.1 Å². The summed E-state index contributed by atoms with van der Waals surface area (Å²) >= 11 is 0. The van der Waals surface area contributed by atoms with Crippen molar-refractivity contribution in [1.29, 1.82) is 5.26 Å². The van der Waals surface area contributed by atoms with Crippen LogP contribution < -0.4 is 15.2 Å². The van der Waals surface area contributed by atoms with Crippen molar-refractivity contribution >= 4 is 16.7 Å². The summed E-state index contributed by atoms with van der Waals surface area (Å²) in [5.74, 6) is 0.124. The summed E-state index contributed by atoms with van der Waals surface area (Å²) in [6.07, 6.45) is 1.83. The second kappa shape index (κ2) is 8.97. The molecule has 1 unspecified atom stereocenters. The van der Waals surface area contributed by atoms with Crippen molar-refractivity contribution in [2.24, 2.45) is 7.05 Å². The predicted molar refractivity (Wildman–Crippen MR) is 133 cm³/mol. The average molecular weight is 476 g/mol. The van der Waals surface area contributed by atoms with Gasteiger partial charge in [0.15, 0.2) is 0 Å². The number of pyridine rings is 2. The lowest BCUT2D eigenvalue weighted by atomic mass is 9.94. The van der Waals surface area contributed by atoms with Crippen LogP contribution in [-0.4, -0.2) is 46.2 Å². The quantitative estimate of drug-likeness (QED) is 0.567. The number of hydrogen-bond donors (Lipinski definition) is 0. The van der Waals surface area contributed by atoms with Gasteiger partial charge < -0.3 is 14.2 Å². The monoisotopic (exact) mass is 475 g/mol. The Labute approximate surface area is 204 Å². The number of fused-ring (bicyclic) bond motifs is 5. The van der Waals surface area contributed by atoms with Gasteiger partial charge in [0.25, 0.3) is 5.56 Å². The normalized spacial score (nSPS) is 20.6. The van der Waals surface area contributed by atoms with Crippen LogP contribution in [0.25, 0.3) is 11.0 Å². The van der Waals surface area contributed by atoms with Gasteiger partial charge in [0, 0.05) is 32.2 Å². The Morgan fingerprint density at radius 3 is 2.74 bits per heavy atom. The Kier molecular flexibility index (Phi) is 5.97. The molecule has 1 saturated heterocycles. The maximum Gasteiger partial charge on any atom is 0.295 e. The summed E-state index contributed by atoms with van der Waals surface area (Å²) in [6, 6.07) is 11.4. The molecule has 0 amide bonds. The van der Waals surface area contributed by atoms with E-state index in [0.29, 0.717) is 40.3 Å². The standard InChI is InChI=1S/C27H30FN5O2/c1-5-19-13-33-20(14-32(19)22(6-2)17-7-9-21(28)16(3)11-17)15-35-26-25(33)24-23(31(4)27(26)34)10-8-18(12-29)30-24/h7-11,19-20,22H,5-6,13-15H2,1-4H3/t19-,20+,22?/m1/s1. The first-order valence-electron chi connectivity index (χ1n) is 12.2. The van der Waals surface area contributed by atoms with Crippen LogP contribution >= 0.6 is 0 Å². The van der Waals surface area contributed by atoms with E-state index in [4.69, 9.17) is 4.74 Å². The number of nitrogens with zero attached hydrogens (tertiary/aromatic N) is 5. The maximum absolute atomic E-state index is 14.0. The van der Waals surface area contributed by atoms with Crippen LogP contribution in [-0.2, 0) is 7.05 Å². The highest BCUT2D eigenvalue weighted by Crippen LogP contribution is 2.41. The number of anilines is 1. The SMILES string of the molecule is CCC(c1ccc(F)c(C)c1)N1C[C@H]2COc3c(c4nc(C#N)ccc4n(C)c3=O)N2C[C@H]1CC. The minimum atomic E-state index is -0.193. The largest absolute Gasteiger partial charge is 0.484 e. The Bertz CT molecular complexity index is 1400. The van der Waals surface area contributed by atoms with Crippen molar-refractivity contribution in [1.82, 2.24) is 14.5 Å². The summed E-state index contributed by atoms with van der Waals surface area (Å²) in [6.45, 7) is 8.02. The molecule has 4 heterocycles. The van der Waals surface area contributed by atoms with E-state index in [1.165, 1.54) is 0 Å². The van der Waals surface area contributed by atoms with E-state index < -0.39 is 0 Å². The maximum atomic E-state index is 14.0. The van der Waals surface area contributed by atoms with E-state index in [0.717, 1.165) is 31.5 Å². The first-order valence-corrected chi connectivity index (χ1v) is 12.2. The van der Waals surface area contributed by atoms with E-state index in [1.54, 1.807) is 36.7 Å². The molecule has 182 valence electrons. The number of piperazine rings is 1. The van der Waals surface area contributed by atoms with Crippen LogP contribution in [0.3, 0.4) is 0 Å². The fraction of sp³-hybridized carbons (Fsp3) is 0.444. The number of benzene rings is 1. The zero-order chi connectivity index (χ0) is 24.9. The third-order valence-corrected chi connectivity index (χ3v) is 7.56. The van der Waals surface area contributed by atoms with Crippen molar-refractivity contribution in [3.05, 3.63) is 63.3 Å². The number of halogens is 1. The molecule has 1 aromatic carbocycles. The Balaban J connectivity index is 1.58. The number of ether oxygens (including phenoxy) is 1. The highest BCUT2D eigenvalue weighted by Gasteiger charge is 2.42. The molecule has 8 heteroatoms. The van der Waals surface area contributed by atoms with Gasteiger partial charge in [-0.15, -0.1) is 0 Å². The van der Waals surface area contributed by atoms with Gasteiger partial charge >= 0.3 is 0 Å². The van der Waals surface area contributed by atoms with Gasteiger partial charge in [-0.3, -0.25) is 9.69 Å². The molecule has 0 radical (unpaired) electrons. The van der Waals surface area contributed by atoms with Gasteiger partial charge in [0.1, 0.15) is 35.4 Å². The van der Waals surface area contributed by atoms with Crippen LogP contribution in [0.15, 0.2) is 35.1 Å². The Morgan fingerprint density at radius 2 is 2.06 bits per heavy atom. The molecule has 0 N–H and O–H groups in total. The molecule has 35 heavy (non-hydrogen) atoms. The van der Waals surface area contributed by atoms with Crippen LogP contribution in [0.1, 0.15) is 49.6 Å². The number of hydrogen-bond acceptors (Lipinski definition) is 6. The molecule has 0 spiro atoms. The second-order valence-electron chi connectivity index (χ2n) is 9.53. The van der Waals surface area contributed by atoms with Gasteiger partial charge in [-0.25, -0.2) is 9.37 Å². The van der Waals surface area contributed by atoms with Crippen LogP contribution in [0, 0.1) is 24.1 Å². The van der Waals surface area contributed by atoms with Gasteiger partial charge in [-0.1, -0.05) is 26.0 Å². The minimum absolute atomic E-state index is 0.0312. The molecule has 7 nitrogen and oxygen atoms in total. The zero-order valence-electron chi connectivity index (χ0n) is 20.6. The van der Waals surface area contributed by atoms with E-state index >= 15 is 0 Å². The molecule has 3 atom stereocenters. The fourth-order valence-electron chi connectivity index (χ4n) is 5.68. The summed E-state index contributed by atoms with van der Waals surface area (Å²) in [4.78, 5) is 22.5. The van der Waals surface area contributed by atoms with E-state index in [9.17, 15) is 14.4 Å². The summed E-state index contributed by atoms with van der Waals surface area (Å²) in [5.41, 5.74) is 3.89. The molecule has 2 aliphatic rings. The lowest BCUT2D eigenvalue weighted by molar-refractivity contribution is 0.0719. The van der Waals surface area contributed by atoms with E-state index in [-0.39, 0.29) is 29.5 Å². The number of aromatic nitrogens is 2. The summed E-state index contributed by atoms with van der Waals surface area (Å²) in [5, 5.41) is 9.45. The number of nitriles is 1. The summed E-state index contributed by atoms with van der Waals surface area (Å²) < 4.78 is 21.6. The van der Waals surface area contributed by atoms with Crippen LogP contribution in [0.5, 0.6) is 5.75 Å². The first-order chi connectivity index (χ1) is 16.9. The van der Waals surface area contributed by atoms with Gasteiger partial charge in [-0.2, -0.15) is 5.26 Å². The zero-order valence-corrected chi connectivity index (χ0v) is 20.6. The minimum Gasteiger partial charge on any atom is -0.484 e. The van der Waals surface area contributed by atoms with Crippen LogP contribution in [0.4, 0.5) is 10.1 Å².